The van der Waals surface area contributed by atoms with Gasteiger partial charge in [0.25, 0.3) is 0 Å². The number of nitrogens with two attached hydrogens (primary N) is 1. The fourth-order valence-corrected chi connectivity index (χ4v) is 2.88. The van der Waals surface area contributed by atoms with Crippen LogP contribution in [0.2, 0.25) is 5.15 Å². The lowest BCUT2D eigenvalue weighted by Gasteiger charge is -2.20. The Balaban J connectivity index is 2.09. The Morgan fingerprint density at radius 2 is 2.16 bits per heavy atom. The van der Waals surface area contributed by atoms with Crippen LogP contribution in [0.25, 0.3) is 0 Å². The number of hydrogen-bond donors (Lipinski definition) is 2. The molecule has 1 aliphatic carbocycles. The third kappa shape index (κ3) is 3.91. The average molecular weight is 347 g/mol. The van der Waals surface area contributed by atoms with Crippen molar-refractivity contribution in [1.82, 2.24) is 4.98 Å². The van der Waals surface area contributed by atoms with E-state index in [0.717, 1.165) is 36.6 Å². The molecule has 6 heteroatoms. The topological polar surface area (TPSA) is 68.0 Å². The summed E-state index contributed by atoms with van der Waals surface area (Å²) in [5, 5.41) is 3.13. The summed E-state index contributed by atoms with van der Waals surface area (Å²) in [5.74, 6) is -0.200. The van der Waals surface area contributed by atoms with E-state index in [1.807, 2.05) is 0 Å². The van der Waals surface area contributed by atoms with Crippen molar-refractivity contribution < 1.29 is 4.79 Å². The van der Waals surface area contributed by atoms with Crippen LogP contribution in [0.4, 0.5) is 5.69 Å². The molecule has 0 aromatic carbocycles. The predicted molar refractivity (Wildman–Crippen MR) is 80.1 cm³/mol. The van der Waals surface area contributed by atoms with Gasteiger partial charge >= 0.3 is 0 Å². The van der Waals surface area contributed by atoms with E-state index in [4.69, 9.17) is 17.3 Å². The highest BCUT2D eigenvalue weighted by atomic mass is 79.9. The van der Waals surface area contributed by atoms with Gasteiger partial charge in [-0.1, -0.05) is 30.9 Å². The zero-order valence-corrected chi connectivity index (χ0v) is 12.9. The van der Waals surface area contributed by atoms with Crippen molar-refractivity contribution in [3.63, 3.8) is 0 Å². The third-order valence-electron chi connectivity index (χ3n) is 3.47. The maximum absolute atomic E-state index is 12.3. The molecule has 3 N–H and O–H groups in total. The van der Waals surface area contributed by atoms with Crippen LogP contribution < -0.4 is 11.1 Å². The Bertz CT molecular complexity index is 469. The van der Waals surface area contributed by atoms with Crippen LogP contribution >= 0.6 is 27.5 Å². The summed E-state index contributed by atoms with van der Waals surface area (Å²) >= 11 is 9.28. The Morgan fingerprint density at radius 1 is 1.42 bits per heavy atom. The summed E-state index contributed by atoms with van der Waals surface area (Å²) in [6.45, 7) is 0. The number of anilines is 1. The van der Waals surface area contributed by atoms with Crippen molar-refractivity contribution in [3.05, 3.63) is 21.9 Å². The number of pyridine rings is 1. The molecule has 104 valence electrons. The monoisotopic (exact) mass is 345 g/mol. The first-order valence-electron chi connectivity index (χ1n) is 6.45. The summed E-state index contributed by atoms with van der Waals surface area (Å²) in [6.07, 6.45) is 6.64. The number of amides is 1. The molecule has 0 aliphatic heterocycles. The van der Waals surface area contributed by atoms with E-state index >= 15 is 0 Å². The maximum Gasteiger partial charge on any atom is 0.229 e. The fraction of sp³-hybridized carbons (Fsp3) is 0.538. The second-order valence-electron chi connectivity index (χ2n) is 4.89. The van der Waals surface area contributed by atoms with E-state index in [-0.39, 0.29) is 17.9 Å². The number of carbonyl (C=O) groups is 1. The van der Waals surface area contributed by atoms with Gasteiger partial charge in [-0.15, -0.1) is 0 Å². The van der Waals surface area contributed by atoms with Gasteiger partial charge in [0.15, 0.2) is 5.15 Å². The lowest BCUT2D eigenvalue weighted by Crippen LogP contribution is -2.37. The fourth-order valence-electron chi connectivity index (χ4n) is 2.40. The number of halogens is 2. The molecule has 19 heavy (non-hydrogen) atoms. The standard InChI is InChI=1S/C13H17BrClN3O/c14-8-6-11(12(15)17-7-8)18-13(19)9-4-2-1-3-5-10(9)16/h6-7,9-10H,1-5,16H2,(H,18,19). The highest BCUT2D eigenvalue weighted by molar-refractivity contribution is 9.10. The van der Waals surface area contributed by atoms with Gasteiger partial charge in [-0.3, -0.25) is 4.79 Å². The minimum Gasteiger partial charge on any atom is -0.327 e. The molecule has 1 heterocycles. The maximum atomic E-state index is 12.3. The van der Waals surface area contributed by atoms with Crippen molar-refractivity contribution in [2.24, 2.45) is 11.7 Å². The Labute approximate surface area is 126 Å². The van der Waals surface area contributed by atoms with Crippen molar-refractivity contribution in [1.29, 1.82) is 0 Å². The van der Waals surface area contributed by atoms with E-state index in [0.29, 0.717) is 10.8 Å². The average Bonchev–Trinajstić information content (AvgIpc) is 2.58. The zero-order chi connectivity index (χ0) is 13.8. The number of carbonyl (C=O) groups excluding carboxylic acids is 1. The molecule has 0 bridgehead atoms. The van der Waals surface area contributed by atoms with Crippen molar-refractivity contribution >= 4 is 39.1 Å². The van der Waals surface area contributed by atoms with Crippen LogP contribution in [0.15, 0.2) is 16.7 Å². The van der Waals surface area contributed by atoms with Crippen molar-refractivity contribution in [2.75, 3.05) is 5.32 Å². The Hall–Kier alpha value is -0.650. The van der Waals surface area contributed by atoms with Gasteiger partial charge in [-0.25, -0.2) is 4.98 Å². The molecule has 0 spiro atoms. The lowest BCUT2D eigenvalue weighted by atomic mass is 9.94. The molecular formula is C13H17BrClN3O. The molecule has 2 rings (SSSR count). The summed E-state index contributed by atoms with van der Waals surface area (Å²) < 4.78 is 0.775. The largest absolute Gasteiger partial charge is 0.327 e. The summed E-state index contributed by atoms with van der Waals surface area (Å²) in [5.41, 5.74) is 6.61. The molecule has 2 unspecified atom stereocenters. The summed E-state index contributed by atoms with van der Waals surface area (Å²) in [7, 11) is 0. The van der Waals surface area contributed by atoms with Crippen LogP contribution in [0.3, 0.4) is 0 Å². The second kappa shape index (κ2) is 6.68. The van der Waals surface area contributed by atoms with Crippen LogP contribution in [0.1, 0.15) is 32.1 Å². The van der Waals surface area contributed by atoms with E-state index in [9.17, 15) is 4.79 Å². The van der Waals surface area contributed by atoms with Gasteiger partial charge in [0, 0.05) is 16.7 Å². The highest BCUT2D eigenvalue weighted by Gasteiger charge is 2.27. The Kier molecular flexibility index (Phi) is 5.19. The molecule has 1 aromatic rings. The third-order valence-corrected chi connectivity index (χ3v) is 4.20. The molecule has 1 aliphatic rings. The van der Waals surface area contributed by atoms with E-state index < -0.39 is 0 Å². The number of hydrogen-bond acceptors (Lipinski definition) is 3. The van der Waals surface area contributed by atoms with Crippen LogP contribution in [0.5, 0.6) is 0 Å². The smallest absolute Gasteiger partial charge is 0.229 e. The number of nitrogens with one attached hydrogen (secondary N) is 1. The van der Waals surface area contributed by atoms with E-state index in [1.165, 1.54) is 0 Å². The van der Waals surface area contributed by atoms with Gasteiger partial charge in [0.2, 0.25) is 5.91 Å². The second-order valence-corrected chi connectivity index (χ2v) is 6.16. The minimum absolute atomic E-state index is 0.0591. The SMILES string of the molecule is NC1CCCCCC1C(=O)Nc1cc(Br)cnc1Cl. The number of rotatable bonds is 2. The molecule has 1 saturated carbocycles. The van der Waals surface area contributed by atoms with Gasteiger partial charge < -0.3 is 11.1 Å². The zero-order valence-electron chi connectivity index (χ0n) is 10.5. The number of nitrogens with zero attached hydrogens (tertiary/aromatic N) is 1. The molecule has 2 atom stereocenters. The molecule has 1 amide bonds. The molecular weight excluding hydrogens is 330 g/mol. The molecule has 1 fully saturated rings. The van der Waals surface area contributed by atoms with E-state index in [2.05, 4.69) is 26.2 Å². The first-order valence-corrected chi connectivity index (χ1v) is 7.62. The normalized spacial score (nSPS) is 23.7. The van der Waals surface area contributed by atoms with Gasteiger partial charge in [-0.2, -0.15) is 0 Å². The van der Waals surface area contributed by atoms with Crippen LogP contribution in [0, 0.1) is 5.92 Å². The molecule has 0 radical (unpaired) electrons. The van der Waals surface area contributed by atoms with Gasteiger partial charge in [-0.05, 0) is 34.8 Å². The first-order chi connectivity index (χ1) is 9.08. The van der Waals surface area contributed by atoms with Crippen LogP contribution in [-0.2, 0) is 4.79 Å². The highest BCUT2D eigenvalue weighted by Crippen LogP contribution is 2.27. The van der Waals surface area contributed by atoms with Gasteiger partial charge in [0.1, 0.15) is 0 Å². The molecule has 0 saturated heterocycles. The Morgan fingerprint density at radius 3 is 2.95 bits per heavy atom. The predicted octanol–water partition coefficient (Wildman–Crippen LogP) is 3.34. The summed E-state index contributed by atoms with van der Waals surface area (Å²) in [6, 6.07) is 1.68. The molecule has 4 nitrogen and oxygen atoms in total. The minimum atomic E-state index is -0.141. The number of aromatic nitrogens is 1. The lowest BCUT2D eigenvalue weighted by molar-refractivity contribution is -0.120. The first kappa shape index (κ1) is 14.8. The molecule has 1 aromatic heterocycles. The van der Waals surface area contributed by atoms with Crippen LogP contribution in [-0.4, -0.2) is 16.9 Å². The van der Waals surface area contributed by atoms with Gasteiger partial charge in [0.05, 0.1) is 11.6 Å². The van der Waals surface area contributed by atoms with E-state index in [1.54, 1.807) is 12.3 Å². The quantitative estimate of drug-likeness (QED) is 0.637. The summed E-state index contributed by atoms with van der Waals surface area (Å²) in [4.78, 5) is 16.3. The van der Waals surface area contributed by atoms with Crippen molar-refractivity contribution in [3.8, 4) is 0 Å². The van der Waals surface area contributed by atoms with Crippen molar-refractivity contribution in [2.45, 2.75) is 38.1 Å².